The SMILES string of the molecule is CCOc1cc(C)c(Cl)cc1S(=O)(=O)N[C@@H]1C[C@@H](C(=O)O)N(C)C1. The van der Waals surface area contributed by atoms with Crippen molar-refractivity contribution < 1.29 is 23.1 Å². The van der Waals surface area contributed by atoms with E-state index in [-0.39, 0.29) is 17.1 Å². The van der Waals surface area contributed by atoms with Gasteiger partial charge >= 0.3 is 5.97 Å². The number of halogens is 1. The third-order valence-electron chi connectivity index (χ3n) is 3.97. The number of aliphatic carboxylic acids is 1. The molecule has 1 aliphatic rings. The van der Waals surface area contributed by atoms with Gasteiger partial charge in [0.05, 0.1) is 6.61 Å². The van der Waals surface area contributed by atoms with Crippen LogP contribution in [-0.4, -0.2) is 56.7 Å². The van der Waals surface area contributed by atoms with Gasteiger partial charge in [0.1, 0.15) is 16.7 Å². The number of carbonyl (C=O) groups is 1. The molecule has 0 aromatic heterocycles. The number of carboxylic acids is 1. The fourth-order valence-corrected chi connectivity index (χ4v) is 4.39. The predicted octanol–water partition coefficient (Wildman–Crippen LogP) is 1.48. The van der Waals surface area contributed by atoms with Crippen LogP contribution in [0.5, 0.6) is 5.75 Å². The molecule has 2 rings (SSSR count). The van der Waals surface area contributed by atoms with E-state index in [1.54, 1.807) is 31.9 Å². The number of likely N-dealkylation sites (tertiary alicyclic amines) is 1. The summed E-state index contributed by atoms with van der Waals surface area (Å²) in [7, 11) is -2.23. The van der Waals surface area contributed by atoms with Crippen LogP contribution < -0.4 is 9.46 Å². The number of rotatable bonds is 6. The Hall–Kier alpha value is -1.35. The molecular weight excluding hydrogens is 356 g/mol. The largest absolute Gasteiger partial charge is 0.492 e. The van der Waals surface area contributed by atoms with E-state index in [2.05, 4.69) is 4.72 Å². The lowest BCUT2D eigenvalue weighted by Gasteiger charge is -2.16. The number of nitrogens with one attached hydrogen (secondary N) is 1. The standard InChI is InChI=1S/C15H21ClN2O5S/c1-4-23-13-5-9(2)11(16)7-14(13)24(21,22)17-10-6-12(15(19)20)18(3)8-10/h5,7,10,12,17H,4,6,8H2,1-3H3,(H,19,20)/t10-,12+/m1/s1. The van der Waals surface area contributed by atoms with Gasteiger partial charge in [0.15, 0.2) is 0 Å². The lowest BCUT2D eigenvalue weighted by atomic mass is 10.2. The molecule has 1 aliphatic heterocycles. The molecule has 0 amide bonds. The van der Waals surface area contributed by atoms with Gasteiger partial charge in [0.2, 0.25) is 10.0 Å². The number of carboxylic acid groups (broad SMARTS) is 1. The highest BCUT2D eigenvalue weighted by Gasteiger charge is 2.37. The fourth-order valence-electron chi connectivity index (χ4n) is 2.77. The second-order valence-corrected chi connectivity index (χ2v) is 7.92. The molecule has 0 aliphatic carbocycles. The van der Waals surface area contributed by atoms with E-state index < -0.39 is 28.1 Å². The fraction of sp³-hybridized carbons (Fsp3) is 0.533. The summed E-state index contributed by atoms with van der Waals surface area (Å²) < 4.78 is 33.4. The molecule has 24 heavy (non-hydrogen) atoms. The number of hydrogen-bond acceptors (Lipinski definition) is 5. The summed E-state index contributed by atoms with van der Waals surface area (Å²) >= 11 is 6.06. The van der Waals surface area contributed by atoms with Crippen LogP contribution in [-0.2, 0) is 14.8 Å². The van der Waals surface area contributed by atoms with Crippen molar-refractivity contribution in [2.24, 2.45) is 0 Å². The number of likely N-dealkylation sites (N-methyl/N-ethyl adjacent to an activating group) is 1. The number of ether oxygens (including phenoxy) is 1. The molecule has 0 unspecified atom stereocenters. The van der Waals surface area contributed by atoms with Gasteiger partial charge in [-0.2, -0.15) is 0 Å². The van der Waals surface area contributed by atoms with Crippen LogP contribution >= 0.6 is 11.6 Å². The molecule has 1 saturated heterocycles. The average molecular weight is 377 g/mol. The summed E-state index contributed by atoms with van der Waals surface area (Å²) in [5, 5.41) is 9.47. The van der Waals surface area contributed by atoms with Crippen molar-refractivity contribution in [3.8, 4) is 5.75 Å². The van der Waals surface area contributed by atoms with Crippen molar-refractivity contribution in [2.45, 2.75) is 37.2 Å². The molecular formula is C15H21ClN2O5S. The molecule has 9 heteroatoms. The Morgan fingerprint density at radius 1 is 1.50 bits per heavy atom. The molecule has 1 heterocycles. The maximum Gasteiger partial charge on any atom is 0.320 e. The normalized spacial score (nSPS) is 21.8. The molecule has 134 valence electrons. The third-order valence-corrected chi connectivity index (χ3v) is 5.92. The molecule has 0 radical (unpaired) electrons. The van der Waals surface area contributed by atoms with Crippen LogP contribution in [0.3, 0.4) is 0 Å². The number of nitrogens with zero attached hydrogens (tertiary/aromatic N) is 1. The predicted molar refractivity (Wildman–Crippen MR) is 90.1 cm³/mol. The second kappa shape index (κ2) is 7.26. The lowest BCUT2D eigenvalue weighted by Crippen LogP contribution is -2.36. The first-order valence-corrected chi connectivity index (χ1v) is 9.40. The van der Waals surface area contributed by atoms with Crippen LogP contribution in [0.15, 0.2) is 17.0 Å². The number of hydrogen-bond donors (Lipinski definition) is 2. The van der Waals surface area contributed by atoms with E-state index >= 15 is 0 Å². The summed E-state index contributed by atoms with van der Waals surface area (Å²) in [6, 6.07) is 1.75. The highest BCUT2D eigenvalue weighted by molar-refractivity contribution is 7.89. The average Bonchev–Trinajstić information content (AvgIpc) is 2.82. The summed E-state index contributed by atoms with van der Waals surface area (Å²) in [6.07, 6.45) is 0.203. The van der Waals surface area contributed by atoms with Crippen LogP contribution in [0.4, 0.5) is 0 Å². The van der Waals surface area contributed by atoms with Crippen molar-refractivity contribution >= 4 is 27.6 Å². The van der Waals surface area contributed by atoms with E-state index in [1.165, 1.54) is 6.07 Å². The summed E-state index contributed by atoms with van der Waals surface area (Å²) in [4.78, 5) is 12.7. The maximum absolute atomic E-state index is 12.7. The van der Waals surface area contributed by atoms with Crippen LogP contribution in [0.1, 0.15) is 18.9 Å². The smallest absolute Gasteiger partial charge is 0.320 e. The number of benzene rings is 1. The topological polar surface area (TPSA) is 95.9 Å². The molecule has 2 N–H and O–H groups in total. The zero-order valence-corrected chi connectivity index (χ0v) is 15.3. The van der Waals surface area contributed by atoms with Crippen LogP contribution in [0.25, 0.3) is 0 Å². The Labute approximate surface area is 146 Å². The minimum atomic E-state index is -3.89. The Kier molecular flexibility index (Phi) is 5.74. The quantitative estimate of drug-likeness (QED) is 0.780. The van der Waals surface area contributed by atoms with Gasteiger partial charge in [-0.05, 0) is 45.0 Å². The monoisotopic (exact) mass is 376 g/mol. The van der Waals surface area contributed by atoms with E-state index in [0.29, 0.717) is 23.7 Å². The molecule has 0 spiro atoms. The Bertz CT molecular complexity index is 738. The van der Waals surface area contributed by atoms with Gasteiger partial charge in [-0.15, -0.1) is 0 Å². The van der Waals surface area contributed by atoms with Gasteiger partial charge in [-0.1, -0.05) is 11.6 Å². The van der Waals surface area contributed by atoms with Gasteiger partial charge in [0.25, 0.3) is 0 Å². The first-order chi connectivity index (χ1) is 11.2. The van der Waals surface area contributed by atoms with Gasteiger partial charge < -0.3 is 9.84 Å². The van der Waals surface area contributed by atoms with Crippen LogP contribution in [0.2, 0.25) is 5.02 Å². The minimum Gasteiger partial charge on any atom is -0.492 e. The Morgan fingerprint density at radius 2 is 2.17 bits per heavy atom. The zero-order valence-electron chi connectivity index (χ0n) is 13.7. The minimum absolute atomic E-state index is 0.0404. The molecule has 0 saturated carbocycles. The molecule has 1 aromatic carbocycles. The molecule has 1 fully saturated rings. The highest BCUT2D eigenvalue weighted by atomic mass is 35.5. The van der Waals surface area contributed by atoms with E-state index in [0.717, 1.165) is 0 Å². The van der Waals surface area contributed by atoms with Crippen LogP contribution in [0, 0.1) is 6.92 Å². The van der Waals surface area contributed by atoms with Gasteiger partial charge in [0, 0.05) is 17.6 Å². The lowest BCUT2D eigenvalue weighted by molar-refractivity contribution is -0.141. The second-order valence-electron chi connectivity index (χ2n) is 5.83. The number of sulfonamides is 1. The first-order valence-electron chi connectivity index (χ1n) is 7.54. The third kappa shape index (κ3) is 4.00. The van der Waals surface area contributed by atoms with Crippen molar-refractivity contribution in [3.63, 3.8) is 0 Å². The summed E-state index contributed by atoms with van der Waals surface area (Å²) in [5.41, 5.74) is 0.714. The zero-order chi connectivity index (χ0) is 18.1. The molecule has 7 nitrogen and oxygen atoms in total. The Morgan fingerprint density at radius 3 is 2.71 bits per heavy atom. The maximum atomic E-state index is 12.7. The molecule has 1 aromatic rings. The van der Waals surface area contributed by atoms with Crippen molar-refractivity contribution in [2.75, 3.05) is 20.2 Å². The van der Waals surface area contributed by atoms with Gasteiger partial charge in [-0.25, -0.2) is 13.1 Å². The van der Waals surface area contributed by atoms with E-state index in [1.807, 2.05) is 0 Å². The number of aryl methyl sites for hydroxylation is 1. The van der Waals surface area contributed by atoms with E-state index in [9.17, 15) is 13.2 Å². The highest BCUT2D eigenvalue weighted by Crippen LogP contribution is 2.31. The van der Waals surface area contributed by atoms with E-state index in [4.69, 9.17) is 21.4 Å². The summed E-state index contributed by atoms with van der Waals surface area (Å²) in [6.45, 7) is 4.16. The Balaban J connectivity index is 2.28. The van der Waals surface area contributed by atoms with Crippen molar-refractivity contribution in [1.29, 1.82) is 0 Å². The first kappa shape index (κ1) is 19.0. The molecule has 2 atom stereocenters. The van der Waals surface area contributed by atoms with Gasteiger partial charge in [-0.3, -0.25) is 9.69 Å². The molecule has 0 bridgehead atoms. The van der Waals surface area contributed by atoms with Crippen molar-refractivity contribution in [3.05, 3.63) is 22.7 Å². The van der Waals surface area contributed by atoms with Crippen molar-refractivity contribution in [1.82, 2.24) is 9.62 Å². The summed E-state index contributed by atoms with van der Waals surface area (Å²) in [5.74, 6) is -0.736.